The molecule has 2 unspecified atom stereocenters. The van der Waals surface area contributed by atoms with Gasteiger partial charge in [-0.2, -0.15) is 5.26 Å². The number of hydrogen-bond donors (Lipinski definition) is 0. The lowest BCUT2D eigenvalue weighted by atomic mass is 9.81. The van der Waals surface area contributed by atoms with Gasteiger partial charge in [0, 0.05) is 12.3 Å². The molecule has 2 aliphatic rings. The second kappa shape index (κ2) is 9.10. The third kappa shape index (κ3) is 4.37. The van der Waals surface area contributed by atoms with E-state index in [1.165, 1.54) is 0 Å². The summed E-state index contributed by atoms with van der Waals surface area (Å²) in [5.74, 6) is -0.0271. The van der Waals surface area contributed by atoms with Gasteiger partial charge in [-0.3, -0.25) is 9.69 Å². The molecule has 2 bridgehead atoms. The second-order valence-electron chi connectivity index (χ2n) is 7.87. The fourth-order valence-electron chi connectivity index (χ4n) is 4.39. The number of carbonyl (C=O) groups is 2. The minimum absolute atomic E-state index is 0.118. The molecule has 6 nitrogen and oxygen atoms in total. The van der Waals surface area contributed by atoms with Gasteiger partial charge in [0.05, 0.1) is 36.9 Å². The normalized spacial score (nSPS) is 22.8. The molecule has 2 aromatic rings. The monoisotopic (exact) mass is 404 g/mol. The van der Waals surface area contributed by atoms with E-state index in [1.807, 2.05) is 42.5 Å². The van der Waals surface area contributed by atoms with E-state index >= 15 is 0 Å². The second-order valence-corrected chi connectivity index (χ2v) is 7.87. The average molecular weight is 404 g/mol. The Morgan fingerprint density at radius 3 is 2.40 bits per heavy atom. The van der Waals surface area contributed by atoms with Crippen LogP contribution in [0.5, 0.6) is 0 Å². The molecule has 0 aliphatic carbocycles. The van der Waals surface area contributed by atoms with Crippen LogP contribution in [0.1, 0.15) is 29.5 Å². The maximum absolute atomic E-state index is 13.0. The molecule has 2 aliphatic heterocycles. The van der Waals surface area contributed by atoms with Crippen LogP contribution < -0.4 is 0 Å². The summed E-state index contributed by atoms with van der Waals surface area (Å²) >= 11 is 0. The van der Waals surface area contributed by atoms with Gasteiger partial charge >= 0.3 is 6.09 Å². The van der Waals surface area contributed by atoms with E-state index in [1.54, 1.807) is 17.0 Å². The number of ether oxygens (including phenoxy) is 2. The molecule has 2 aromatic carbocycles. The summed E-state index contributed by atoms with van der Waals surface area (Å²) in [6.45, 7) is 1.05. The van der Waals surface area contributed by atoms with Crippen molar-refractivity contribution >= 4 is 11.9 Å². The van der Waals surface area contributed by atoms with Gasteiger partial charge < -0.3 is 9.47 Å². The van der Waals surface area contributed by atoms with Gasteiger partial charge in [-0.25, -0.2) is 4.79 Å². The molecule has 0 spiro atoms. The topological polar surface area (TPSA) is 79.6 Å². The van der Waals surface area contributed by atoms with Crippen molar-refractivity contribution in [2.45, 2.75) is 38.0 Å². The summed E-state index contributed by atoms with van der Waals surface area (Å²) in [5, 5.41) is 9.27. The van der Waals surface area contributed by atoms with Crippen molar-refractivity contribution in [3.8, 4) is 6.07 Å². The number of nitriles is 1. The summed E-state index contributed by atoms with van der Waals surface area (Å²) in [6.07, 6.45) is 1.01. The number of morpholine rings is 1. The molecule has 4 rings (SSSR count). The van der Waals surface area contributed by atoms with Gasteiger partial charge in [0.1, 0.15) is 12.4 Å². The van der Waals surface area contributed by atoms with E-state index in [0.29, 0.717) is 31.6 Å². The molecular weight excluding hydrogens is 380 g/mol. The molecule has 2 heterocycles. The third-order valence-electron chi connectivity index (χ3n) is 5.89. The van der Waals surface area contributed by atoms with Crippen LogP contribution in [0.3, 0.4) is 0 Å². The van der Waals surface area contributed by atoms with Crippen LogP contribution >= 0.6 is 0 Å². The van der Waals surface area contributed by atoms with Crippen LogP contribution in [0.4, 0.5) is 4.79 Å². The number of fused-ring (bicyclic) bond motifs is 2. The lowest BCUT2D eigenvalue weighted by molar-refractivity contribution is -0.130. The van der Waals surface area contributed by atoms with Crippen molar-refractivity contribution in [1.82, 2.24) is 4.90 Å². The number of amides is 1. The number of benzene rings is 2. The van der Waals surface area contributed by atoms with Crippen LogP contribution in [0, 0.1) is 17.2 Å². The minimum Gasteiger partial charge on any atom is -0.445 e. The lowest BCUT2D eigenvalue weighted by Crippen LogP contribution is -2.60. The quantitative estimate of drug-likeness (QED) is 0.762. The predicted molar refractivity (Wildman–Crippen MR) is 109 cm³/mol. The highest BCUT2D eigenvalue weighted by Gasteiger charge is 2.44. The zero-order chi connectivity index (χ0) is 20.9. The van der Waals surface area contributed by atoms with Crippen LogP contribution in [-0.2, 0) is 27.3 Å². The first-order chi connectivity index (χ1) is 14.7. The zero-order valence-electron chi connectivity index (χ0n) is 16.7. The molecule has 0 saturated carbocycles. The zero-order valence-corrected chi connectivity index (χ0v) is 16.7. The maximum Gasteiger partial charge on any atom is 0.410 e. The predicted octanol–water partition coefficient (Wildman–Crippen LogP) is 3.49. The Kier molecular flexibility index (Phi) is 6.10. The van der Waals surface area contributed by atoms with Gasteiger partial charge in [0.2, 0.25) is 0 Å². The molecular formula is C24H24N2O4. The molecule has 0 N–H and O–H groups in total. The van der Waals surface area contributed by atoms with Gasteiger partial charge in [-0.05, 0) is 30.0 Å². The number of rotatable bonds is 5. The molecule has 30 heavy (non-hydrogen) atoms. The number of Topliss-reactive ketones (excluding diaryl/α,β-unsaturated/α-hetero) is 1. The van der Waals surface area contributed by atoms with Gasteiger partial charge in [-0.15, -0.1) is 0 Å². The van der Waals surface area contributed by atoms with Gasteiger partial charge in [0.25, 0.3) is 0 Å². The van der Waals surface area contributed by atoms with Crippen molar-refractivity contribution in [1.29, 1.82) is 5.26 Å². The van der Waals surface area contributed by atoms with Crippen molar-refractivity contribution in [2.24, 2.45) is 5.92 Å². The van der Waals surface area contributed by atoms with E-state index < -0.39 is 0 Å². The first-order valence-electron chi connectivity index (χ1n) is 10.2. The van der Waals surface area contributed by atoms with E-state index in [4.69, 9.17) is 9.47 Å². The number of nitrogens with zero attached hydrogens (tertiary/aromatic N) is 2. The third-order valence-corrected chi connectivity index (χ3v) is 5.89. The standard InChI is InChI=1S/C24H24N2O4/c25-13-19-9-5-4-8-18(19)12-23(27)20-10-21-15-29-16-22(11-20)26(21)24(28)30-14-17-6-2-1-3-7-17/h1-9,20-22H,10-12,14-16H2. The van der Waals surface area contributed by atoms with Crippen LogP contribution in [0.2, 0.25) is 0 Å². The number of carbonyl (C=O) groups excluding carboxylic acids is 2. The molecule has 154 valence electrons. The van der Waals surface area contributed by atoms with Crippen LogP contribution in [0.15, 0.2) is 54.6 Å². The SMILES string of the molecule is N#Cc1ccccc1CC(=O)C1CC2COCC(C1)N2C(=O)OCc1ccccc1. The van der Waals surface area contributed by atoms with Crippen molar-refractivity contribution in [2.75, 3.05) is 13.2 Å². The number of hydrogen-bond acceptors (Lipinski definition) is 5. The van der Waals surface area contributed by atoms with Crippen molar-refractivity contribution < 1.29 is 19.1 Å². The van der Waals surface area contributed by atoms with E-state index in [9.17, 15) is 14.9 Å². The fraction of sp³-hybridized carbons (Fsp3) is 0.375. The highest BCUT2D eigenvalue weighted by molar-refractivity contribution is 5.84. The van der Waals surface area contributed by atoms with Gasteiger partial charge in [-0.1, -0.05) is 48.5 Å². The van der Waals surface area contributed by atoms with E-state index in [-0.39, 0.29) is 42.9 Å². The van der Waals surface area contributed by atoms with Gasteiger partial charge in [0.15, 0.2) is 0 Å². The van der Waals surface area contributed by atoms with E-state index in [0.717, 1.165) is 11.1 Å². The van der Waals surface area contributed by atoms with Crippen molar-refractivity contribution in [3.05, 3.63) is 71.3 Å². The van der Waals surface area contributed by atoms with E-state index in [2.05, 4.69) is 6.07 Å². The number of ketones is 1. The fourth-order valence-corrected chi connectivity index (χ4v) is 4.39. The Balaban J connectivity index is 1.40. The average Bonchev–Trinajstić information content (AvgIpc) is 2.77. The first-order valence-corrected chi connectivity index (χ1v) is 10.2. The molecule has 2 atom stereocenters. The molecule has 1 amide bonds. The summed E-state index contributed by atoms with van der Waals surface area (Å²) in [4.78, 5) is 27.5. The maximum atomic E-state index is 13.0. The summed E-state index contributed by atoms with van der Waals surface area (Å²) in [6, 6.07) is 18.6. The summed E-state index contributed by atoms with van der Waals surface area (Å²) in [5.41, 5.74) is 2.24. The minimum atomic E-state index is -0.349. The van der Waals surface area contributed by atoms with Crippen molar-refractivity contribution in [3.63, 3.8) is 0 Å². The Hall–Kier alpha value is -3.17. The number of piperidine rings is 1. The molecule has 0 aromatic heterocycles. The largest absolute Gasteiger partial charge is 0.445 e. The highest BCUT2D eigenvalue weighted by Crippen LogP contribution is 2.33. The molecule has 0 radical (unpaired) electrons. The smallest absolute Gasteiger partial charge is 0.410 e. The van der Waals surface area contributed by atoms with Crippen LogP contribution in [-0.4, -0.2) is 42.1 Å². The first kappa shape index (κ1) is 20.1. The Bertz CT molecular complexity index is 939. The Morgan fingerprint density at radius 1 is 1.03 bits per heavy atom. The molecule has 6 heteroatoms. The lowest BCUT2D eigenvalue weighted by Gasteiger charge is -2.47. The Morgan fingerprint density at radius 2 is 1.70 bits per heavy atom. The highest BCUT2D eigenvalue weighted by atomic mass is 16.6. The molecule has 2 saturated heterocycles. The summed E-state index contributed by atoms with van der Waals surface area (Å²) in [7, 11) is 0. The summed E-state index contributed by atoms with van der Waals surface area (Å²) < 4.78 is 11.2. The molecule has 2 fully saturated rings. The van der Waals surface area contributed by atoms with Crippen LogP contribution in [0.25, 0.3) is 0 Å². The Labute approximate surface area is 176 Å².